The van der Waals surface area contributed by atoms with E-state index in [2.05, 4.69) is 9.80 Å². The molecule has 6 nitrogen and oxygen atoms in total. The van der Waals surface area contributed by atoms with Gasteiger partial charge in [-0.2, -0.15) is 0 Å². The molecule has 1 aliphatic rings. The Morgan fingerprint density at radius 1 is 1.08 bits per heavy atom. The normalized spacial score (nSPS) is 14.9. The number of aromatic hydroxyl groups is 1. The summed E-state index contributed by atoms with van der Waals surface area (Å²) in [6.45, 7) is 3.11. The Hall–Kier alpha value is -2.86. The fourth-order valence-electron chi connectivity index (χ4n) is 3.07. The molecule has 0 amide bonds. The second-order valence-corrected chi connectivity index (χ2v) is 6.23. The SMILES string of the molecule is COc1cc(C(=O)CN2CCN(c3cccccc3=O)CC2)ccc1O. The quantitative estimate of drug-likeness (QED) is 0.825. The van der Waals surface area contributed by atoms with Crippen molar-refractivity contribution in [3.8, 4) is 11.5 Å². The van der Waals surface area contributed by atoms with Gasteiger partial charge in [0.15, 0.2) is 17.3 Å². The summed E-state index contributed by atoms with van der Waals surface area (Å²) in [5.41, 5.74) is 1.22. The number of phenols is 1. The van der Waals surface area contributed by atoms with E-state index in [1.54, 1.807) is 24.3 Å². The first kappa shape index (κ1) is 17.9. The van der Waals surface area contributed by atoms with E-state index in [4.69, 9.17) is 4.74 Å². The maximum atomic E-state index is 12.5. The first-order valence-corrected chi connectivity index (χ1v) is 8.55. The molecule has 0 saturated carbocycles. The van der Waals surface area contributed by atoms with Crippen LogP contribution in [0.4, 0.5) is 5.69 Å². The van der Waals surface area contributed by atoms with Crippen LogP contribution in [0.3, 0.4) is 0 Å². The molecule has 2 aromatic carbocycles. The first-order chi connectivity index (χ1) is 12.6. The van der Waals surface area contributed by atoms with Gasteiger partial charge in [0, 0.05) is 31.7 Å². The molecule has 0 spiro atoms. The van der Waals surface area contributed by atoms with Crippen LogP contribution in [-0.2, 0) is 0 Å². The van der Waals surface area contributed by atoms with Gasteiger partial charge in [-0.25, -0.2) is 0 Å². The van der Waals surface area contributed by atoms with Crippen LogP contribution in [0.2, 0.25) is 0 Å². The Morgan fingerprint density at radius 2 is 1.81 bits per heavy atom. The zero-order valence-corrected chi connectivity index (χ0v) is 14.7. The third-order valence-corrected chi connectivity index (χ3v) is 4.56. The van der Waals surface area contributed by atoms with Crippen molar-refractivity contribution in [2.45, 2.75) is 0 Å². The maximum Gasteiger partial charge on any atom is 0.201 e. The molecule has 0 aromatic heterocycles. The average molecular weight is 354 g/mol. The van der Waals surface area contributed by atoms with Gasteiger partial charge >= 0.3 is 0 Å². The van der Waals surface area contributed by atoms with Crippen LogP contribution in [0.5, 0.6) is 11.5 Å². The van der Waals surface area contributed by atoms with Crippen LogP contribution in [0.25, 0.3) is 0 Å². The lowest BCUT2D eigenvalue weighted by atomic mass is 10.1. The minimum absolute atomic E-state index is 0.00992. The number of piperazine rings is 1. The molecule has 136 valence electrons. The van der Waals surface area contributed by atoms with E-state index in [9.17, 15) is 14.7 Å². The van der Waals surface area contributed by atoms with E-state index in [1.807, 2.05) is 18.2 Å². The lowest BCUT2D eigenvalue weighted by Gasteiger charge is -2.35. The molecule has 1 saturated heterocycles. The van der Waals surface area contributed by atoms with E-state index >= 15 is 0 Å². The minimum Gasteiger partial charge on any atom is -0.504 e. The van der Waals surface area contributed by atoms with Crippen LogP contribution < -0.4 is 15.1 Å². The van der Waals surface area contributed by atoms with Crippen molar-refractivity contribution in [2.75, 3.05) is 44.7 Å². The molecule has 0 atom stereocenters. The molecular weight excluding hydrogens is 332 g/mol. The van der Waals surface area contributed by atoms with Gasteiger partial charge in [-0.15, -0.1) is 0 Å². The highest BCUT2D eigenvalue weighted by atomic mass is 16.5. The van der Waals surface area contributed by atoms with Gasteiger partial charge in [0.05, 0.1) is 19.3 Å². The third-order valence-electron chi connectivity index (χ3n) is 4.56. The second kappa shape index (κ2) is 8.01. The van der Waals surface area contributed by atoms with E-state index in [-0.39, 0.29) is 17.0 Å². The van der Waals surface area contributed by atoms with E-state index in [1.165, 1.54) is 13.2 Å². The summed E-state index contributed by atoms with van der Waals surface area (Å²) in [5.74, 6) is 0.287. The molecule has 0 aliphatic carbocycles. The summed E-state index contributed by atoms with van der Waals surface area (Å²) in [6, 6.07) is 13.5. The molecule has 3 rings (SSSR count). The number of benzene rings is 1. The number of phenolic OH excluding ortho intramolecular Hbond substituents is 1. The highest BCUT2D eigenvalue weighted by Gasteiger charge is 2.21. The Morgan fingerprint density at radius 3 is 2.54 bits per heavy atom. The molecule has 1 N–H and O–H groups in total. The molecular formula is C20H22N2O4. The van der Waals surface area contributed by atoms with Crippen LogP contribution in [0.15, 0.2) is 53.3 Å². The summed E-state index contributed by atoms with van der Waals surface area (Å²) in [7, 11) is 1.45. The van der Waals surface area contributed by atoms with E-state index in [0.29, 0.717) is 49.7 Å². The Bertz CT molecular complexity index is 845. The predicted molar refractivity (Wildman–Crippen MR) is 100 cm³/mol. The van der Waals surface area contributed by atoms with Gasteiger partial charge in [0.1, 0.15) is 0 Å². The lowest BCUT2D eigenvalue weighted by molar-refractivity contribution is 0.0926. The van der Waals surface area contributed by atoms with Crippen molar-refractivity contribution in [3.63, 3.8) is 0 Å². The summed E-state index contributed by atoms with van der Waals surface area (Å²) < 4.78 is 5.06. The fourth-order valence-corrected chi connectivity index (χ4v) is 3.07. The second-order valence-electron chi connectivity index (χ2n) is 6.23. The molecule has 1 aliphatic heterocycles. The third kappa shape index (κ3) is 4.03. The van der Waals surface area contributed by atoms with Crippen molar-refractivity contribution in [3.05, 3.63) is 64.3 Å². The lowest BCUT2D eigenvalue weighted by Crippen LogP contribution is -2.48. The zero-order valence-electron chi connectivity index (χ0n) is 14.7. The smallest absolute Gasteiger partial charge is 0.201 e. The van der Waals surface area contributed by atoms with Crippen molar-refractivity contribution in [2.24, 2.45) is 0 Å². The highest BCUT2D eigenvalue weighted by molar-refractivity contribution is 5.98. The van der Waals surface area contributed by atoms with Gasteiger partial charge < -0.3 is 14.7 Å². The molecule has 0 radical (unpaired) electrons. The van der Waals surface area contributed by atoms with Gasteiger partial charge in [0.2, 0.25) is 5.43 Å². The summed E-state index contributed by atoms with van der Waals surface area (Å²) in [6.07, 6.45) is 0. The molecule has 2 aromatic rings. The minimum atomic E-state index is -0.0209. The number of hydrogen-bond donors (Lipinski definition) is 1. The molecule has 26 heavy (non-hydrogen) atoms. The van der Waals surface area contributed by atoms with Crippen molar-refractivity contribution < 1.29 is 14.6 Å². The van der Waals surface area contributed by atoms with Crippen molar-refractivity contribution >= 4 is 11.5 Å². The fraction of sp³-hybridized carbons (Fsp3) is 0.300. The number of methoxy groups -OCH3 is 1. The summed E-state index contributed by atoms with van der Waals surface area (Å²) >= 11 is 0. The van der Waals surface area contributed by atoms with Gasteiger partial charge in [-0.05, 0) is 30.3 Å². The monoisotopic (exact) mass is 354 g/mol. The molecule has 0 unspecified atom stereocenters. The maximum absolute atomic E-state index is 12.5. The summed E-state index contributed by atoms with van der Waals surface area (Å²) in [5, 5.41) is 9.64. The first-order valence-electron chi connectivity index (χ1n) is 8.55. The van der Waals surface area contributed by atoms with Crippen LogP contribution in [0.1, 0.15) is 10.4 Å². The molecule has 6 heteroatoms. The number of nitrogens with zero attached hydrogens (tertiary/aromatic N) is 2. The van der Waals surface area contributed by atoms with Crippen molar-refractivity contribution in [1.82, 2.24) is 4.90 Å². The van der Waals surface area contributed by atoms with E-state index < -0.39 is 0 Å². The number of rotatable bonds is 5. The summed E-state index contributed by atoms with van der Waals surface area (Å²) in [4.78, 5) is 28.7. The Balaban J connectivity index is 1.61. The van der Waals surface area contributed by atoms with Crippen LogP contribution >= 0.6 is 0 Å². The van der Waals surface area contributed by atoms with Crippen LogP contribution in [0, 0.1) is 0 Å². The largest absolute Gasteiger partial charge is 0.504 e. The molecule has 1 fully saturated rings. The highest BCUT2D eigenvalue weighted by Crippen LogP contribution is 2.26. The standard InChI is InChI=1S/C20H22N2O4/c1-26-20-13-15(7-8-18(20)24)19(25)14-21-9-11-22(12-10-21)16-5-3-2-4-6-17(16)23/h2-8,13,24H,9-12,14H2,1H3. The number of carbonyl (C=O) groups is 1. The average Bonchev–Trinajstić information content (AvgIpc) is 2.87. The number of hydrogen-bond acceptors (Lipinski definition) is 6. The predicted octanol–water partition coefficient (Wildman–Crippen LogP) is 1.77. The van der Waals surface area contributed by atoms with Crippen LogP contribution in [-0.4, -0.2) is 55.6 Å². The van der Waals surface area contributed by atoms with Gasteiger partial charge in [0.25, 0.3) is 0 Å². The Kier molecular flexibility index (Phi) is 5.53. The van der Waals surface area contributed by atoms with Gasteiger partial charge in [-0.3, -0.25) is 14.5 Å². The number of ketones is 1. The van der Waals surface area contributed by atoms with Gasteiger partial charge in [-0.1, -0.05) is 18.2 Å². The zero-order chi connectivity index (χ0) is 18.5. The number of anilines is 1. The number of ether oxygens (including phenoxy) is 1. The molecule has 1 heterocycles. The Labute approximate surface area is 152 Å². The van der Waals surface area contributed by atoms with Crippen molar-refractivity contribution in [1.29, 1.82) is 0 Å². The molecule has 0 bridgehead atoms. The number of carbonyl (C=O) groups excluding carboxylic acids is 1. The topological polar surface area (TPSA) is 70.1 Å². The number of Topliss-reactive ketones (excluding diaryl/α,β-unsaturated/α-hetero) is 1. The van der Waals surface area contributed by atoms with E-state index in [0.717, 1.165) is 0 Å².